The molecule has 0 fully saturated rings. The smallest absolute Gasteiger partial charge is 0.398 e. The van der Waals surface area contributed by atoms with Crippen LogP contribution in [0.5, 0.6) is 0 Å². The summed E-state index contributed by atoms with van der Waals surface area (Å²) in [7, 11) is 0. The van der Waals surface area contributed by atoms with Crippen molar-refractivity contribution in [2.75, 3.05) is 5.73 Å². The van der Waals surface area contributed by atoms with E-state index in [0.717, 1.165) is 22.3 Å². The maximum Gasteiger partial charge on any atom is 0.416 e. The molecule has 0 aliphatic heterocycles. The third kappa shape index (κ3) is 5.14. The molecule has 0 aromatic heterocycles. The third-order valence-corrected chi connectivity index (χ3v) is 6.72. The van der Waals surface area contributed by atoms with Gasteiger partial charge in [0.25, 0.3) is 0 Å². The first-order chi connectivity index (χ1) is 17.9. The Morgan fingerprint density at radius 1 is 0.459 bits per heavy atom. The van der Waals surface area contributed by atoms with Gasteiger partial charge in [0.2, 0.25) is 0 Å². The number of halogens is 3. The fourth-order valence-electron chi connectivity index (χ4n) is 5.03. The lowest BCUT2D eigenvalue weighted by Gasteiger charge is -2.27. The van der Waals surface area contributed by atoms with Crippen LogP contribution in [0.2, 0.25) is 0 Å². The molecule has 37 heavy (non-hydrogen) atoms. The summed E-state index contributed by atoms with van der Waals surface area (Å²) in [5, 5.41) is 0. The normalized spacial score (nSPS) is 11.7. The lowest BCUT2D eigenvalue weighted by Crippen LogP contribution is -2.16. The van der Waals surface area contributed by atoms with E-state index in [-0.39, 0.29) is 0 Å². The van der Waals surface area contributed by atoms with Gasteiger partial charge in [-0.15, -0.1) is 0 Å². The number of nitrogens with two attached hydrogens (primary N) is 1. The fourth-order valence-corrected chi connectivity index (χ4v) is 5.03. The van der Waals surface area contributed by atoms with Crippen LogP contribution in [0.15, 0.2) is 133 Å². The highest BCUT2D eigenvalue weighted by atomic mass is 19.4. The third-order valence-electron chi connectivity index (χ3n) is 6.72. The molecule has 0 spiro atoms. The topological polar surface area (TPSA) is 26.0 Å². The lowest BCUT2D eigenvalue weighted by atomic mass is 9.78. The van der Waals surface area contributed by atoms with Crippen LogP contribution in [0.1, 0.15) is 50.8 Å². The molecule has 5 rings (SSSR count). The summed E-state index contributed by atoms with van der Waals surface area (Å²) in [6, 6.07) is 40.7. The van der Waals surface area contributed by atoms with E-state index in [0.29, 0.717) is 16.8 Å². The second kappa shape index (κ2) is 10.4. The predicted octanol–water partition coefficient (Wildman–Crippen LogP) is 8.65. The zero-order valence-electron chi connectivity index (χ0n) is 20.1. The van der Waals surface area contributed by atoms with Crippen molar-refractivity contribution in [3.63, 3.8) is 0 Å². The van der Waals surface area contributed by atoms with Crippen molar-refractivity contribution in [2.24, 2.45) is 0 Å². The van der Waals surface area contributed by atoms with E-state index in [1.807, 2.05) is 121 Å². The average Bonchev–Trinajstić information content (AvgIpc) is 2.92. The SMILES string of the molecule is Nc1c(C(c2ccccc2)c2ccccc2)cc(C(F)(F)F)cc1C(c1ccccc1)c1ccccc1. The molecule has 0 amide bonds. The number of anilines is 1. The van der Waals surface area contributed by atoms with E-state index >= 15 is 0 Å². The Kier molecular flexibility index (Phi) is 6.82. The van der Waals surface area contributed by atoms with Gasteiger partial charge in [-0.3, -0.25) is 0 Å². The fraction of sp³-hybridized carbons (Fsp3) is 0.0909. The number of benzene rings is 5. The molecule has 0 heterocycles. The van der Waals surface area contributed by atoms with Crippen LogP contribution < -0.4 is 5.73 Å². The van der Waals surface area contributed by atoms with E-state index < -0.39 is 23.6 Å². The minimum absolute atomic E-state index is 0.364. The maximum absolute atomic E-state index is 14.4. The molecule has 4 heteroatoms. The highest BCUT2D eigenvalue weighted by molar-refractivity contribution is 5.66. The molecule has 1 nitrogen and oxygen atoms in total. The number of alkyl halides is 3. The Morgan fingerprint density at radius 2 is 0.730 bits per heavy atom. The second-order valence-electron chi connectivity index (χ2n) is 9.07. The van der Waals surface area contributed by atoms with Gasteiger partial charge in [-0.25, -0.2) is 0 Å². The van der Waals surface area contributed by atoms with Crippen LogP contribution in [0.3, 0.4) is 0 Å². The molecule has 0 aliphatic rings. The molecule has 5 aromatic rings. The Bertz CT molecular complexity index is 1260. The molecule has 184 valence electrons. The van der Waals surface area contributed by atoms with Crippen molar-refractivity contribution >= 4 is 5.69 Å². The van der Waals surface area contributed by atoms with Crippen molar-refractivity contribution in [2.45, 2.75) is 18.0 Å². The minimum atomic E-state index is -4.53. The molecule has 0 atom stereocenters. The van der Waals surface area contributed by atoms with Gasteiger partial charge in [-0.05, 0) is 45.5 Å². The summed E-state index contributed by atoms with van der Waals surface area (Å²) in [4.78, 5) is 0. The van der Waals surface area contributed by atoms with Crippen molar-refractivity contribution in [3.05, 3.63) is 172 Å². The molecular weight excluding hydrogens is 467 g/mol. The summed E-state index contributed by atoms with van der Waals surface area (Å²) in [5.74, 6) is -0.925. The Morgan fingerprint density at radius 3 is 0.973 bits per heavy atom. The van der Waals surface area contributed by atoms with Crippen molar-refractivity contribution < 1.29 is 13.2 Å². The molecular formula is C33H26F3N. The van der Waals surface area contributed by atoms with Crippen LogP contribution in [-0.4, -0.2) is 0 Å². The van der Waals surface area contributed by atoms with E-state index in [9.17, 15) is 13.2 Å². The maximum atomic E-state index is 14.4. The zero-order chi connectivity index (χ0) is 25.8. The molecule has 0 unspecified atom stereocenters. The molecule has 0 aliphatic carbocycles. The summed E-state index contributed by atoms with van der Waals surface area (Å²) < 4.78 is 43.1. The van der Waals surface area contributed by atoms with Gasteiger partial charge in [0.15, 0.2) is 0 Å². The summed E-state index contributed by atoms with van der Waals surface area (Å²) in [5.41, 5.74) is 10.9. The molecule has 0 bridgehead atoms. The van der Waals surface area contributed by atoms with E-state index in [1.165, 1.54) is 12.1 Å². The van der Waals surface area contributed by atoms with Gasteiger partial charge in [-0.2, -0.15) is 13.2 Å². The largest absolute Gasteiger partial charge is 0.416 e. The quantitative estimate of drug-likeness (QED) is 0.186. The number of nitrogen functional groups attached to an aromatic ring is 1. The van der Waals surface area contributed by atoms with Crippen LogP contribution >= 0.6 is 0 Å². The van der Waals surface area contributed by atoms with Gasteiger partial charge in [0.1, 0.15) is 0 Å². The molecule has 0 saturated carbocycles. The standard InChI is InChI=1S/C33H26F3N/c34-33(35,36)27-21-28(30(23-13-5-1-6-14-23)24-15-7-2-8-16-24)32(37)29(22-27)31(25-17-9-3-10-18-25)26-19-11-4-12-20-26/h1-22,30-31H,37H2. The first-order valence-corrected chi connectivity index (χ1v) is 12.1. The number of hydrogen-bond donors (Lipinski definition) is 1. The van der Waals surface area contributed by atoms with Crippen LogP contribution in [0.4, 0.5) is 18.9 Å². The van der Waals surface area contributed by atoms with Gasteiger partial charge < -0.3 is 5.73 Å². The highest BCUT2D eigenvalue weighted by Crippen LogP contribution is 2.45. The Hall–Kier alpha value is -4.31. The van der Waals surface area contributed by atoms with E-state index in [1.54, 1.807) is 0 Å². The summed E-state index contributed by atoms with van der Waals surface area (Å²) in [6.07, 6.45) is -4.53. The molecule has 0 radical (unpaired) electrons. The minimum Gasteiger partial charge on any atom is -0.398 e. The van der Waals surface area contributed by atoms with Crippen molar-refractivity contribution in [1.29, 1.82) is 0 Å². The van der Waals surface area contributed by atoms with Gasteiger partial charge in [0.05, 0.1) is 5.56 Å². The Balaban J connectivity index is 1.82. The van der Waals surface area contributed by atoms with E-state index in [2.05, 4.69) is 0 Å². The van der Waals surface area contributed by atoms with E-state index in [4.69, 9.17) is 5.73 Å². The molecule has 5 aromatic carbocycles. The highest BCUT2D eigenvalue weighted by Gasteiger charge is 2.35. The second-order valence-corrected chi connectivity index (χ2v) is 9.07. The van der Waals surface area contributed by atoms with Gasteiger partial charge in [0, 0.05) is 17.5 Å². The molecule has 0 saturated heterocycles. The number of rotatable bonds is 6. The Labute approximate surface area is 215 Å². The first kappa shape index (κ1) is 24.4. The van der Waals surface area contributed by atoms with Gasteiger partial charge >= 0.3 is 6.18 Å². The van der Waals surface area contributed by atoms with Crippen LogP contribution in [-0.2, 0) is 6.18 Å². The van der Waals surface area contributed by atoms with Crippen molar-refractivity contribution in [3.8, 4) is 0 Å². The molecule has 2 N–H and O–H groups in total. The monoisotopic (exact) mass is 493 g/mol. The predicted molar refractivity (Wildman–Crippen MR) is 144 cm³/mol. The average molecular weight is 494 g/mol. The summed E-state index contributed by atoms with van der Waals surface area (Å²) in [6.45, 7) is 0. The van der Waals surface area contributed by atoms with Gasteiger partial charge in [-0.1, -0.05) is 121 Å². The zero-order valence-corrected chi connectivity index (χ0v) is 20.1. The lowest BCUT2D eigenvalue weighted by molar-refractivity contribution is -0.137. The summed E-state index contributed by atoms with van der Waals surface area (Å²) >= 11 is 0. The van der Waals surface area contributed by atoms with Crippen LogP contribution in [0.25, 0.3) is 0 Å². The first-order valence-electron chi connectivity index (χ1n) is 12.1. The van der Waals surface area contributed by atoms with Crippen molar-refractivity contribution in [1.82, 2.24) is 0 Å². The van der Waals surface area contributed by atoms with Crippen LogP contribution in [0, 0.1) is 0 Å². The number of hydrogen-bond acceptors (Lipinski definition) is 1.